The Labute approximate surface area is 131 Å². The second-order valence-electron chi connectivity index (χ2n) is 5.00. The lowest BCUT2D eigenvalue weighted by Gasteiger charge is -2.25. The molecule has 0 aromatic heterocycles. The predicted molar refractivity (Wildman–Crippen MR) is 92.6 cm³/mol. The van der Waals surface area contributed by atoms with Crippen molar-refractivity contribution in [1.29, 1.82) is 0 Å². The van der Waals surface area contributed by atoms with Crippen LogP contribution in [-0.2, 0) is 0 Å². The van der Waals surface area contributed by atoms with E-state index in [0.29, 0.717) is 0 Å². The quantitative estimate of drug-likeness (QED) is 0.482. The van der Waals surface area contributed by atoms with Crippen molar-refractivity contribution >= 4 is 40.2 Å². The van der Waals surface area contributed by atoms with Gasteiger partial charge in [0.2, 0.25) is 6.69 Å². The van der Waals surface area contributed by atoms with E-state index in [-0.39, 0.29) is 0 Å². The Morgan fingerprint density at radius 3 is 1.70 bits per heavy atom. The van der Waals surface area contributed by atoms with Gasteiger partial charge in [-0.05, 0) is 43.3 Å². The molecule has 4 heteroatoms. The molecule has 0 saturated carbocycles. The van der Waals surface area contributed by atoms with Crippen LogP contribution in [0.3, 0.4) is 0 Å². The first-order valence-electron chi connectivity index (χ1n) is 6.82. The summed E-state index contributed by atoms with van der Waals surface area (Å²) in [4.78, 5) is 2.31. The first-order chi connectivity index (χ1) is 9.56. The summed E-state index contributed by atoms with van der Waals surface area (Å²) >= 11 is 12.4. The molecule has 2 aromatic rings. The van der Waals surface area contributed by atoms with Crippen LogP contribution < -0.4 is 4.90 Å². The van der Waals surface area contributed by atoms with Crippen LogP contribution in [0, 0.1) is 0 Å². The molecule has 0 atom stereocenters. The number of rotatable bonds is 6. The SMILES string of the molecule is C[Si](Cl)(Cl)CCCN(c1ccccc1)c1ccccc1. The Bertz CT molecular complexity index is 472. The molecular formula is C16H19Cl2NSi. The fraction of sp³-hybridized carbons (Fsp3) is 0.250. The van der Waals surface area contributed by atoms with Gasteiger partial charge in [0.25, 0.3) is 0 Å². The van der Waals surface area contributed by atoms with Gasteiger partial charge in [0, 0.05) is 17.9 Å². The van der Waals surface area contributed by atoms with Crippen molar-refractivity contribution < 1.29 is 0 Å². The molecule has 0 N–H and O–H groups in total. The molecule has 0 fully saturated rings. The first kappa shape index (κ1) is 15.4. The van der Waals surface area contributed by atoms with Crippen LogP contribution in [0.2, 0.25) is 12.6 Å². The molecule has 0 unspecified atom stereocenters. The fourth-order valence-corrected chi connectivity index (χ4v) is 3.75. The van der Waals surface area contributed by atoms with Crippen molar-refractivity contribution in [3.63, 3.8) is 0 Å². The summed E-state index contributed by atoms with van der Waals surface area (Å²) < 4.78 is 0. The Morgan fingerprint density at radius 2 is 1.30 bits per heavy atom. The van der Waals surface area contributed by atoms with Gasteiger partial charge in [-0.3, -0.25) is 0 Å². The fourth-order valence-electron chi connectivity index (χ4n) is 2.17. The van der Waals surface area contributed by atoms with E-state index in [9.17, 15) is 0 Å². The summed E-state index contributed by atoms with van der Waals surface area (Å²) in [5, 5.41) is 0. The van der Waals surface area contributed by atoms with Gasteiger partial charge in [0.1, 0.15) is 0 Å². The molecule has 0 saturated heterocycles. The molecule has 20 heavy (non-hydrogen) atoms. The van der Waals surface area contributed by atoms with Crippen molar-refractivity contribution in [3.8, 4) is 0 Å². The van der Waals surface area contributed by atoms with Crippen LogP contribution in [0.25, 0.3) is 0 Å². The van der Waals surface area contributed by atoms with Gasteiger partial charge in [0.05, 0.1) is 0 Å². The summed E-state index contributed by atoms with van der Waals surface area (Å²) in [5.74, 6) is 0. The van der Waals surface area contributed by atoms with Crippen LogP contribution in [0.1, 0.15) is 6.42 Å². The molecule has 0 amide bonds. The van der Waals surface area contributed by atoms with Crippen LogP contribution >= 0.6 is 22.2 Å². The number of hydrogen-bond donors (Lipinski definition) is 0. The zero-order chi connectivity index (χ0) is 14.4. The first-order valence-corrected chi connectivity index (χ1v) is 11.5. The molecular weight excluding hydrogens is 305 g/mol. The largest absolute Gasteiger partial charge is 0.342 e. The van der Waals surface area contributed by atoms with Crippen LogP contribution in [0.15, 0.2) is 60.7 Å². The van der Waals surface area contributed by atoms with Crippen molar-refractivity contribution in [2.24, 2.45) is 0 Å². The van der Waals surface area contributed by atoms with E-state index < -0.39 is 6.69 Å². The minimum Gasteiger partial charge on any atom is -0.342 e. The van der Waals surface area contributed by atoms with E-state index >= 15 is 0 Å². The van der Waals surface area contributed by atoms with E-state index in [1.165, 1.54) is 11.4 Å². The molecule has 2 rings (SSSR count). The minimum absolute atomic E-state index is 0.909. The molecule has 0 aliphatic carbocycles. The molecule has 0 heterocycles. The van der Waals surface area contributed by atoms with Gasteiger partial charge in [-0.2, -0.15) is 0 Å². The lowest BCUT2D eigenvalue weighted by Crippen LogP contribution is -2.21. The zero-order valence-electron chi connectivity index (χ0n) is 11.6. The normalized spacial score (nSPS) is 11.3. The third kappa shape index (κ3) is 4.86. The maximum absolute atomic E-state index is 6.19. The molecule has 0 aliphatic heterocycles. The van der Waals surface area contributed by atoms with Gasteiger partial charge in [-0.25, -0.2) is 0 Å². The smallest absolute Gasteiger partial charge is 0.248 e. The number of nitrogens with zero attached hydrogens (tertiary/aromatic N) is 1. The molecule has 0 spiro atoms. The van der Waals surface area contributed by atoms with Crippen molar-refractivity contribution in [1.82, 2.24) is 0 Å². The van der Waals surface area contributed by atoms with Crippen LogP contribution in [-0.4, -0.2) is 13.2 Å². The molecule has 2 aromatic carbocycles. The Balaban J connectivity index is 2.13. The highest BCUT2D eigenvalue weighted by Gasteiger charge is 2.20. The van der Waals surface area contributed by atoms with Gasteiger partial charge in [0.15, 0.2) is 0 Å². The molecule has 0 radical (unpaired) electrons. The van der Waals surface area contributed by atoms with E-state index in [2.05, 4.69) is 53.4 Å². The highest BCUT2D eigenvalue weighted by Crippen LogP contribution is 2.27. The van der Waals surface area contributed by atoms with Gasteiger partial charge in [-0.1, -0.05) is 36.4 Å². The maximum Gasteiger partial charge on any atom is 0.248 e. The number of halogens is 2. The van der Waals surface area contributed by atoms with Crippen molar-refractivity contribution in [2.45, 2.75) is 19.0 Å². The average molecular weight is 324 g/mol. The second-order valence-corrected chi connectivity index (χ2v) is 13.2. The molecule has 0 aliphatic rings. The summed E-state index contributed by atoms with van der Waals surface area (Å²) in [7, 11) is 0. The van der Waals surface area contributed by atoms with Crippen LogP contribution in [0.5, 0.6) is 0 Å². The standard InChI is InChI=1S/C16H19Cl2NSi/c1-20(17,18)14-8-13-19(15-9-4-2-5-10-15)16-11-6-3-7-12-16/h2-7,9-12H,8,13-14H2,1H3. The number of para-hydroxylation sites is 2. The second kappa shape index (κ2) is 7.16. The zero-order valence-corrected chi connectivity index (χ0v) is 14.1. The average Bonchev–Trinajstić information content (AvgIpc) is 2.44. The Kier molecular flexibility index (Phi) is 5.52. The maximum atomic E-state index is 6.19. The predicted octanol–water partition coefficient (Wildman–Crippen LogP) is 5.76. The number of anilines is 2. The van der Waals surface area contributed by atoms with E-state index in [1.54, 1.807) is 0 Å². The van der Waals surface area contributed by atoms with E-state index in [0.717, 1.165) is 19.0 Å². The van der Waals surface area contributed by atoms with Crippen LogP contribution in [0.4, 0.5) is 11.4 Å². The number of benzene rings is 2. The van der Waals surface area contributed by atoms with E-state index in [1.807, 2.05) is 18.7 Å². The van der Waals surface area contributed by atoms with E-state index in [4.69, 9.17) is 22.2 Å². The number of hydrogen-bond acceptors (Lipinski definition) is 1. The van der Waals surface area contributed by atoms with Gasteiger partial charge >= 0.3 is 0 Å². The lowest BCUT2D eigenvalue weighted by molar-refractivity contribution is 0.878. The van der Waals surface area contributed by atoms with Crippen molar-refractivity contribution in [2.75, 3.05) is 11.4 Å². The molecule has 106 valence electrons. The third-order valence-electron chi connectivity index (χ3n) is 3.13. The summed E-state index contributed by atoms with van der Waals surface area (Å²) in [6.45, 7) is 0.896. The van der Waals surface area contributed by atoms with Crippen molar-refractivity contribution in [3.05, 3.63) is 60.7 Å². The third-order valence-corrected chi connectivity index (χ3v) is 5.50. The Morgan fingerprint density at radius 1 is 0.850 bits per heavy atom. The highest BCUT2D eigenvalue weighted by atomic mass is 35.7. The summed E-state index contributed by atoms with van der Waals surface area (Å²) in [5.41, 5.74) is 2.40. The monoisotopic (exact) mass is 323 g/mol. The summed E-state index contributed by atoms with van der Waals surface area (Å²) in [6, 6.07) is 21.8. The molecule has 1 nitrogen and oxygen atoms in total. The summed E-state index contributed by atoms with van der Waals surface area (Å²) in [6.07, 6.45) is 1.000. The van der Waals surface area contributed by atoms with Gasteiger partial charge in [-0.15, -0.1) is 22.2 Å². The topological polar surface area (TPSA) is 3.24 Å². The Hall–Kier alpha value is -0.963. The highest BCUT2D eigenvalue weighted by molar-refractivity contribution is 7.44. The molecule has 0 bridgehead atoms. The minimum atomic E-state index is -2.01. The van der Waals surface area contributed by atoms with Gasteiger partial charge < -0.3 is 4.90 Å². The lowest BCUT2D eigenvalue weighted by atomic mass is 10.2.